The van der Waals surface area contributed by atoms with Gasteiger partial charge in [-0.3, -0.25) is 19.6 Å². The van der Waals surface area contributed by atoms with Crippen LogP contribution in [0.3, 0.4) is 0 Å². The van der Waals surface area contributed by atoms with Gasteiger partial charge in [0.05, 0.1) is 6.04 Å². The van der Waals surface area contributed by atoms with Gasteiger partial charge in [0, 0.05) is 12.5 Å². The van der Waals surface area contributed by atoms with E-state index in [1.807, 2.05) is 50.3 Å². The summed E-state index contributed by atoms with van der Waals surface area (Å²) in [7, 11) is 0. The van der Waals surface area contributed by atoms with Crippen molar-refractivity contribution in [1.82, 2.24) is 15.5 Å². The molecule has 0 bridgehead atoms. The monoisotopic (exact) mass is 432 g/mol. The molecule has 0 aliphatic rings. The largest absolute Gasteiger partial charge is 0.320 e. The molecular formula is C23H36N4O4. The Balaban J connectivity index is 3.34. The van der Waals surface area contributed by atoms with E-state index in [4.69, 9.17) is 5.73 Å². The Morgan fingerprint density at radius 3 is 2.16 bits per heavy atom. The summed E-state index contributed by atoms with van der Waals surface area (Å²) in [4.78, 5) is 38.7. The van der Waals surface area contributed by atoms with E-state index in [2.05, 4.69) is 0 Å². The Bertz CT molecular complexity index is 747. The van der Waals surface area contributed by atoms with Crippen LogP contribution in [-0.4, -0.2) is 51.1 Å². The number of benzene rings is 1. The first kappa shape index (κ1) is 26.3. The zero-order valence-corrected chi connectivity index (χ0v) is 19.1. The number of nitrogens with two attached hydrogens (primary N) is 1. The molecule has 0 radical (unpaired) electrons. The van der Waals surface area contributed by atoms with Crippen molar-refractivity contribution in [2.45, 2.75) is 72.0 Å². The van der Waals surface area contributed by atoms with Gasteiger partial charge in [-0.15, -0.1) is 0 Å². The number of nitrogens with zero attached hydrogens (tertiary/aromatic N) is 2. The molecular weight excluding hydrogens is 396 g/mol. The molecule has 0 saturated carbocycles. The van der Waals surface area contributed by atoms with Crippen LogP contribution < -0.4 is 11.2 Å². The molecule has 0 aromatic heterocycles. The van der Waals surface area contributed by atoms with Gasteiger partial charge in [-0.2, -0.15) is 0 Å². The fourth-order valence-corrected chi connectivity index (χ4v) is 3.08. The highest BCUT2D eigenvalue weighted by Gasteiger charge is 2.38. The second-order valence-corrected chi connectivity index (χ2v) is 8.28. The number of hydrogen-bond acceptors (Lipinski definition) is 5. The van der Waals surface area contributed by atoms with Crippen LogP contribution in [0.25, 0.3) is 6.08 Å². The van der Waals surface area contributed by atoms with E-state index >= 15 is 0 Å². The summed E-state index contributed by atoms with van der Waals surface area (Å²) >= 11 is 0. The first-order valence-electron chi connectivity index (χ1n) is 10.7. The van der Waals surface area contributed by atoms with E-state index in [9.17, 15) is 19.6 Å². The number of nitrogens with one attached hydrogen (secondary N) is 1. The molecule has 3 amide bonds. The van der Waals surface area contributed by atoms with Gasteiger partial charge < -0.3 is 5.73 Å². The average Bonchev–Trinajstić information content (AvgIpc) is 2.73. The van der Waals surface area contributed by atoms with E-state index in [0.29, 0.717) is 6.42 Å². The topological polar surface area (TPSA) is 116 Å². The van der Waals surface area contributed by atoms with Crippen LogP contribution in [0, 0.1) is 5.92 Å². The van der Waals surface area contributed by atoms with Crippen molar-refractivity contribution >= 4 is 23.8 Å². The molecule has 1 aromatic carbocycles. The number of hydroxylamine groups is 1. The zero-order chi connectivity index (χ0) is 23.6. The first-order valence-corrected chi connectivity index (χ1v) is 10.7. The minimum Gasteiger partial charge on any atom is -0.320 e. The number of carbonyl (C=O) groups is 3. The normalized spacial score (nSPS) is 13.3. The quantitative estimate of drug-likeness (QED) is 0.388. The van der Waals surface area contributed by atoms with Crippen molar-refractivity contribution in [1.29, 1.82) is 0 Å². The molecule has 8 nitrogen and oxygen atoms in total. The molecule has 0 aliphatic carbocycles. The van der Waals surface area contributed by atoms with E-state index < -0.39 is 29.9 Å². The van der Waals surface area contributed by atoms with Crippen LogP contribution in [0.2, 0.25) is 0 Å². The summed E-state index contributed by atoms with van der Waals surface area (Å²) in [6.07, 6.45) is 4.42. The van der Waals surface area contributed by atoms with Crippen LogP contribution in [-0.2, 0) is 14.4 Å². The molecule has 4 N–H and O–H groups in total. The number of rotatable bonds is 10. The van der Waals surface area contributed by atoms with Crippen molar-refractivity contribution in [3.8, 4) is 0 Å². The van der Waals surface area contributed by atoms with Crippen molar-refractivity contribution in [2.75, 3.05) is 0 Å². The van der Waals surface area contributed by atoms with Crippen LogP contribution >= 0.6 is 0 Å². The molecule has 0 unspecified atom stereocenters. The Morgan fingerprint density at radius 1 is 1.06 bits per heavy atom. The maximum atomic E-state index is 13.2. The van der Waals surface area contributed by atoms with Crippen LogP contribution in [0.4, 0.5) is 0 Å². The van der Waals surface area contributed by atoms with Gasteiger partial charge in [0.15, 0.2) is 0 Å². The van der Waals surface area contributed by atoms with Gasteiger partial charge in [-0.05, 0) is 45.1 Å². The van der Waals surface area contributed by atoms with Gasteiger partial charge in [0.1, 0.15) is 6.04 Å². The van der Waals surface area contributed by atoms with Crippen LogP contribution in [0.1, 0.15) is 59.4 Å². The molecule has 0 spiro atoms. The van der Waals surface area contributed by atoms with Crippen molar-refractivity contribution in [3.05, 3.63) is 42.0 Å². The number of hydrogen-bond donors (Lipinski definition) is 3. The lowest BCUT2D eigenvalue weighted by Gasteiger charge is -2.42. The molecule has 31 heavy (non-hydrogen) atoms. The predicted octanol–water partition coefficient (Wildman–Crippen LogP) is 2.73. The van der Waals surface area contributed by atoms with Crippen molar-refractivity contribution < 1.29 is 19.6 Å². The smallest absolute Gasteiger partial charge is 0.268 e. The third-order valence-electron chi connectivity index (χ3n) is 4.70. The summed E-state index contributed by atoms with van der Waals surface area (Å²) < 4.78 is 0. The summed E-state index contributed by atoms with van der Waals surface area (Å²) in [6, 6.07) is 7.09. The minimum absolute atomic E-state index is 0.101. The standard InChI is InChI=1S/C23H36N4O4/c1-16(2)14-15-21(28)27(26(17(3)4)23(30)18(5)24)20(22(29)25-31)13-9-12-19-10-7-6-8-11-19/h6-12,16-18,20,31H,13-15,24H2,1-5H3,(H,25,29)/t18-,20+/m1/s1. The van der Waals surface area contributed by atoms with E-state index in [-0.39, 0.29) is 24.7 Å². The van der Waals surface area contributed by atoms with Gasteiger partial charge in [-0.25, -0.2) is 15.5 Å². The highest BCUT2D eigenvalue weighted by Crippen LogP contribution is 2.19. The Morgan fingerprint density at radius 2 is 1.68 bits per heavy atom. The van der Waals surface area contributed by atoms with Crippen molar-refractivity contribution in [2.24, 2.45) is 11.7 Å². The number of amides is 3. The minimum atomic E-state index is -1.12. The fraction of sp³-hybridized carbons (Fsp3) is 0.522. The fourth-order valence-electron chi connectivity index (χ4n) is 3.08. The Labute approximate surface area is 185 Å². The van der Waals surface area contributed by atoms with E-state index in [0.717, 1.165) is 5.56 Å². The maximum Gasteiger partial charge on any atom is 0.268 e. The average molecular weight is 433 g/mol. The highest BCUT2D eigenvalue weighted by atomic mass is 16.5. The molecule has 1 rings (SSSR count). The number of hydrazine groups is 1. The molecule has 2 atom stereocenters. The molecule has 0 heterocycles. The molecule has 0 aliphatic heterocycles. The summed E-state index contributed by atoms with van der Waals surface area (Å²) in [5.74, 6) is -1.36. The second-order valence-electron chi connectivity index (χ2n) is 8.28. The maximum absolute atomic E-state index is 13.2. The zero-order valence-electron chi connectivity index (χ0n) is 19.1. The van der Waals surface area contributed by atoms with Crippen LogP contribution in [0.15, 0.2) is 36.4 Å². The lowest BCUT2D eigenvalue weighted by molar-refractivity contribution is -0.178. The van der Waals surface area contributed by atoms with Crippen LogP contribution in [0.5, 0.6) is 0 Å². The Hall–Kier alpha value is -2.71. The summed E-state index contributed by atoms with van der Waals surface area (Å²) in [5, 5.41) is 11.8. The molecule has 172 valence electrons. The van der Waals surface area contributed by atoms with E-state index in [1.54, 1.807) is 25.4 Å². The van der Waals surface area contributed by atoms with Gasteiger partial charge >= 0.3 is 0 Å². The highest BCUT2D eigenvalue weighted by molar-refractivity contribution is 5.90. The Kier molecular flexibility index (Phi) is 10.9. The lowest BCUT2D eigenvalue weighted by Crippen LogP contribution is -2.63. The number of carbonyl (C=O) groups excluding carboxylic acids is 3. The third kappa shape index (κ3) is 8.15. The van der Waals surface area contributed by atoms with Gasteiger partial charge in [0.2, 0.25) is 5.91 Å². The second kappa shape index (κ2) is 12.9. The van der Waals surface area contributed by atoms with E-state index in [1.165, 1.54) is 16.9 Å². The van der Waals surface area contributed by atoms with Gasteiger partial charge in [0.25, 0.3) is 11.8 Å². The SMILES string of the molecule is CC(C)CCC(=O)N([C@@H](CC=Cc1ccccc1)C(=O)NO)N(C(=O)[C@@H](C)N)C(C)C. The summed E-state index contributed by atoms with van der Waals surface area (Å²) in [6.45, 7) is 9.01. The molecule has 8 heteroatoms. The first-order chi connectivity index (χ1) is 14.6. The predicted molar refractivity (Wildman–Crippen MR) is 120 cm³/mol. The summed E-state index contributed by atoms with van der Waals surface area (Å²) in [5.41, 5.74) is 8.39. The third-order valence-corrected chi connectivity index (χ3v) is 4.70. The van der Waals surface area contributed by atoms with Gasteiger partial charge in [-0.1, -0.05) is 56.3 Å². The molecule has 0 fully saturated rings. The molecule has 1 aromatic rings. The lowest BCUT2D eigenvalue weighted by atomic mass is 10.1. The molecule has 0 saturated heterocycles. The van der Waals surface area contributed by atoms with Crippen molar-refractivity contribution in [3.63, 3.8) is 0 Å².